The number of hydrogen-bond acceptors (Lipinski definition) is 4. The zero-order valence-corrected chi connectivity index (χ0v) is 12.3. The standard InChI is InChI=1S/C14H24N2OS/c1-3-6-15-9-13-12(4-2)16-14(18-13)8-11-5-7-17-10-11/h11,15H,3-10H2,1-2H3. The van der Waals surface area contributed by atoms with Gasteiger partial charge in [0.05, 0.1) is 10.7 Å². The summed E-state index contributed by atoms with van der Waals surface area (Å²) in [7, 11) is 0. The van der Waals surface area contributed by atoms with Crippen LogP contribution in [0, 0.1) is 5.92 Å². The Balaban J connectivity index is 1.94. The second-order valence-corrected chi connectivity index (χ2v) is 6.11. The van der Waals surface area contributed by atoms with Crippen LogP contribution in [0.5, 0.6) is 0 Å². The van der Waals surface area contributed by atoms with Crippen LogP contribution in [0.15, 0.2) is 0 Å². The number of rotatable bonds is 7. The van der Waals surface area contributed by atoms with Crippen LogP contribution in [0.1, 0.15) is 42.3 Å². The maximum absolute atomic E-state index is 5.44. The van der Waals surface area contributed by atoms with E-state index < -0.39 is 0 Å². The summed E-state index contributed by atoms with van der Waals surface area (Å²) < 4.78 is 5.44. The summed E-state index contributed by atoms with van der Waals surface area (Å²) >= 11 is 1.89. The van der Waals surface area contributed by atoms with Crippen molar-refractivity contribution in [3.8, 4) is 0 Å². The van der Waals surface area contributed by atoms with Crippen molar-refractivity contribution in [1.29, 1.82) is 0 Å². The molecule has 2 rings (SSSR count). The second kappa shape index (κ2) is 7.22. The van der Waals surface area contributed by atoms with E-state index in [9.17, 15) is 0 Å². The number of hydrogen-bond donors (Lipinski definition) is 1. The predicted octanol–water partition coefficient (Wildman–Crippen LogP) is 2.78. The maximum atomic E-state index is 5.44. The minimum Gasteiger partial charge on any atom is -0.381 e. The third-order valence-electron chi connectivity index (χ3n) is 3.36. The van der Waals surface area contributed by atoms with Crippen LogP contribution >= 0.6 is 11.3 Å². The van der Waals surface area contributed by atoms with E-state index in [0.717, 1.165) is 39.1 Å². The van der Waals surface area contributed by atoms with E-state index in [1.54, 1.807) is 0 Å². The maximum Gasteiger partial charge on any atom is 0.0935 e. The molecule has 1 aromatic rings. The van der Waals surface area contributed by atoms with Crippen LogP contribution in [-0.2, 0) is 24.1 Å². The number of nitrogens with one attached hydrogen (secondary N) is 1. The number of nitrogens with zero attached hydrogens (tertiary/aromatic N) is 1. The molecular weight excluding hydrogens is 244 g/mol. The first-order chi connectivity index (χ1) is 8.83. The van der Waals surface area contributed by atoms with Crippen molar-refractivity contribution in [2.24, 2.45) is 5.92 Å². The molecule has 1 N–H and O–H groups in total. The lowest BCUT2D eigenvalue weighted by molar-refractivity contribution is 0.186. The summed E-state index contributed by atoms with van der Waals surface area (Å²) in [6, 6.07) is 0. The summed E-state index contributed by atoms with van der Waals surface area (Å²) in [6.07, 6.45) is 4.53. The Morgan fingerprint density at radius 2 is 2.33 bits per heavy atom. The largest absolute Gasteiger partial charge is 0.381 e. The Hall–Kier alpha value is -0.450. The fraction of sp³-hybridized carbons (Fsp3) is 0.786. The van der Waals surface area contributed by atoms with Crippen molar-refractivity contribution >= 4 is 11.3 Å². The van der Waals surface area contributed by atoms with Crippen molar-refractivity contribution in [3.63, 3.8) is 0 Å². The molecule has 1 aliphatic heterocycles. The molecule has 1 atom stereocenters. The van der Waals surface area contributed by atoms with Gasteiger partial charge in [0.15, 0.2) is 0 Å². The molecule has 0 spiro atoms. The van der Waals surface area contributed by atoms with E-state index in [4.69, 9.17) is 9.72 Å². The highest BCUT2D eigenvalue weighted by Gasteiger charge is 2.19. The lowest BCUT2D eigenvalue weighted by atomic mass is 10.1. The lowest BCUT2D eigenvalue weighted by Gasteiger charge is -2.02. The van der Waals surface area contributed by atoms with Gasteiger partial charge in [-0.05, 0) is 31.7 Å². The minimum atomic E-state index is 0.692. The van der Waals surface area contributed by atoms with E-state index in [1.165, 1.54) is 28.4 Å². The van der Waals surface area contributed by atoms with E-state index >= 15 is 0 Å². The third kappa shape index (κ3) is 3.77. The highest BCUT2D eigenvalue weighted by atomic mass is 32.1. The van der Waals surface area contributed by atoms with Crippen LogP contribution in [0.2, 0.25) is 0 Å². The number of aromatic nitrogens is 1. The number of thiazole rings is 1. The molecule has 1 fully saturated rings. The molecule has 102 valence electrons. The Kier molecular flexibility index (Phi) is 5.60. The van der Waals surface area contributed by atoms with Gasteiger partial charge in [0, 0.05) is 31.1 Å². The molecule has 0 amide bonds. The fourth-order valence-corrected chi connectivity index (χ4v) is 3.55. The summed E-state index contributed by atoms with van der Waals surface area (Å²) in [5.74, 6) is 0.692. The smallest absolute Gasteiger partial charge is 0.0935 e. The summed E-state index contributed by atoms with van der Waals surface area (Å²) in [5, 5.41) is 4.78. The molecule has 1 unspecified atom stereocenters. The molecule has 0 saturated carbocycles. The van der Waals surface area contributed by atoms with Gasteiger partial charge in [-0.25, -0.2) is 4.98 Å². The minimum absolute atomic E-state index is 0.692. The van der Waals surface area contributed by atoms with Crippen LogP contribution < -0.4 is 5.32 Å². The van der Waals surface area contributed by atoms with Crippen molar-refractivity contribution in [2.45, 2.75) is 46.1 Å². The van der Waals surface area contributed by atoms with Crippen molar-refractivity contribution < 1.29 is 4.74 Å². The van der Waals surface area contributed by atoms with E-state index in [2.05, 4.69) is 19.2 Å². The monoisotopic (exact) mass is 268 g/mol. The van der Waals surface area contributed by atoms with Gasteiger partial charge in [0.2, 0.25) is 0 Å². The zero-order valence-electron chi connectivity index (χ0n) is 11.5. The predicted molar refractivity (Wildman–Crippen MR) is 76.1 cm³/mol. The van der Waals surface area contributed by atoms with Crippen molar-refractivity contribution in [3.05, 3.63) is 15.6 Å². The molecule has 2 heterocycles. The first kappa shape index (κ1) is 14.0. The molecule has 1 aromatic heterocycles. The fourth-order valence-electron chi connectivity index (χ4n) is 2.31. The highest BCUT2D eigenvalue weighted by Crippen LogP contribution is 2.24. The zero-order chi connectivity index (χ0) is 12.8. The van der Waals surface area contributed by atoms with Crippen LogP contribution in [0.3, 0.4) is 0 Å². The van der Waals surface area contributed by atoms with Gasteiger partial charge in [-0.2, -0.15) is 0 Å². The van der Waals surface area contributed by atoms with E-state index in [1.807, 2.05) is 11.3 Å². The molecule has 0 radical (unpaired) electrons. The average Bonchev–Trinajstić information content (AvgIpc) is 3.00. The van der Waals surface area contributed by atoms with E-state index in [-0.39, 0.29) is 0 Å². The first-order valence-electron chi connectivity index (χ1n) is 7.09. The van der Waals surface area contributed by atoms with Gasteiger partial charge in [0.25, 0.3) is 0 Å². The topological polar surface area (TPSA) is 34.1 Å². The SMILES string of the molecule is CCCNCc1sc(CC2CCOC2)nc1CC. The van der Waals surface area contributed by atoms with Crippen LogP contribution in [0.4, 0.5) is 0 Å². The first-order valence-corrected chi connectivity index (χ1v) is 7.91. The molecule has 4 heteroatoms. The normalized spacial score (nSPS) is 19.6. The summed E-state index contributed by atoms with van der Waals surface area (Å²) in [4.78, 5) is 6.22. The molecule has 3 nitrogen and oxygen atoms in total. The molecular formula is C14H24N2OS. The third-order valence-corrected chi connectivity index (χ3v) is 4.48. The van der Waals surface area contributed by atoms with Gasteiger partial charge < -0.3 is 10.1 Å². The Labute approximate surface area is 114 Å². The Morgan fingerprint density at radius 3 is 3.00 bits per heavy atom. The molecule has 0 aliphatic carbocycles. The summed E-state index contributed by atoms with van der Waals surface area (Å²) in [5.41, 5.74) is 1.29. The Bertz CT molecular complexity index is 359. The second-order valence-electron chi connectivity index (χ2n) is 4.94. The van der Waals surface area contributed by atoms with Gasteiger partial charge in [-0.1, -0.05) is 13.8 Å². The molecule has 0 aromatic carbocycles. The average molecular weight is 268 g/mol. The summed E-state index contributed by atoms with van der Waals surface area (Å²) in [6.45, 7) is 8.32. The lowest BCUT2D eigenvalue weighted by Crippen LogP contribution is -2.13. The van der Waals surface area contributed by atoms with Gasteiger partial charge >= 0.3 is 0 Å². The molecule has 1 aliphatic rings. The van der Waals surface area contributed by atoms with E-state index in [0.29, 0.717) is 5.92 Å². The number of aryl methyl sites for hydroxylation is 1. The van der Waals surface area contributed by atoms with Crippen molar-refractivity contribution in [1.82, 2.24) is 10.3 Å². The highest BCUT2D eigenvalue weighted by molar-refractivity contribution is 7.11. The number of ether oxygens (including phenoxy) is 1. The Morgan fingerprint density at radius 1 is 1.44 bits per heavy atom. The molecule has 18 heavy (non-hydrogen) atoms. The molecule has 0 bridgehead atoms. The van der Waals surface area contributed by atoms with Gasteiger partial charge in [-0.15, -0.1) is 11.3 Å². The van der Waals surface area contributed by atoms with Gasteiger partial charge in [-0.3, -0.25) is 0 Å². The molecule has 1 saturated heterocycles. The quantitative estimate of drug-likeness (QED) is 0.772. The van der Waals surface area contributed by atoms with Crippen LogP contribution in [-0.4, -0.2) is 24.7 Å². The van der Waals surface area contributed by atoms with Gasteiger partial charge in [0.1, 0.15) is 0 Å². The van der Waals surface area contributed by atoms with Crippen LogP contribution in [0.25, 0.3) is 0 Å². The van der Waals surface area contributed by atoms with Crippen molar-refractivity contribution in [2.75, 3.05) is 19.8 Å².